The van der Waals surface area contributed by atoms with Crippen molar-refractivity contribution in [2.75, 3.05) is 0 Å². The van der Waals surface area contributed by atoms with Crippen LogP contribution < -0.4 is 0 Å². The van der Waals surface area contributed by atoms with Gasteiger partial charge < -0.3 is 13.4 Å². The van der Waals surface area contributed by atoms with Crippen LogP contribution in [0.15, 0.2) is 148 Å². The molecule has 5 nitrogen and oxygen atoms in total. The Bertz CT molecular complexity index is 3020. The van der Waals surface area contributed by atoms with E-state index in [-0.39, 0.29) is 0 Å². The van der Waals surface area contributed by atoms with Crippen LogP contribution in [0.3, 0.4) is 0 Å². The summed E-state index contributed by atoms with van der Waals surface area (Å²) in [5.74, 6) is 0. The molecule has 0 aliphatic carbocycles. The van der Waals surface area contributed by atoms with E-state index in [0.29, 0.717) is 11.3 Å². The third-order valence-corrected chi connectivity index (χ3v) is 9.67. The van der Waals surface area contributed by atoms with E-state index in [2.05, 4.69) is 88.3 Å². The second-order valence-electron chi connectivity index (χ2n) is 12.3. The number of furan rings is 2. The van der Waals surface area contributed by atoms with Crippen LogP contribution in [-0.4, -0.2) is 4.57 Å². The summed E-state index contributed by atoms with van der Waals surface area (Å²) in [7, 11) is 0. The Hall–Kier alpha value is -7.08. The molecule has 226 valence electrons. The van der Waals surface area contributed by atoms with Crippen molar-refractivity contribution in [1.29, 1.82) is 5.26 Å². The first-order valence-electron chi connectivity index (χ1n) is 16.0. The maximum Gasteiger partial charge on any atom is 0.187 e. The molecule has 0 N–H and O–H groups in total. The van der Waals surface area contributed by atoms with Crippen molar-refractivity contribution in [3.63, 3.8) is 0 Å². The molecule has 0 fully saturated rings. The van der Waals surface area contributed by atoms with E-state index in [1.165, 1.54) is 0 Å². The Kier molecular flexibility index (Phi) is 5.64. The second kappa shape index (κ2) is 10.2. The highest BCUT2D eigenvalue weighted by molar-refractivity contribution is 6.22. The Morgan fingerprint density at radius 3 is 1.94 bits per heavy atom. The lowest BCUT2D eigenvalue weighted by Gasteiger charge is -2.16. The fourth-order valence-corrected chi connectivity index (χ4v) is 7.44. The molecule has 10 aromatic rings. The van der Waals surface area contributed by atoms with Crippen molar-refractivity contribution < 1.29 is 8.83 Å². The highest BCUT2D eigenvalue weighted by Crippen LogP contribution is 2.43. The van der Waals surface area contributed by atoms with Gasteiger partial charge >= 0.3 is 0 Å². The Morgan fingerprint density at radius 1 is 0.551 bits per heavy atom. The van der Waals surface area contributed by atoms with E-state index in [1.807, 2.05) is 66.7 Å². The molecule has 3 aromatic heterocycles. The van der Waals surface area contributed by atoms with Crippen LogP contribution >= 0.6 is 0 Å². The third-order valence-electron chi connectivity index (χ3n) is 9.67. The fraction of sp³-hybridized carbons (Fsp3) is 0. The molecule has 0 aliphatic heterocycles. The zero-order valence-electron chi connectivity index (χ0n) is 25.9. The summed E-state index contributed by atoms with van der Waals surface area (Å²) in [6.45, 7) is 7.28. The van der Waals surface area contributed by atoms with Gasteiger partial charge in [-0.25, -0.2) is 4.85 Å². The number of rotatable bonds is 3. The normalized spacial score (nSPS) is 11.6. The molecule has 0 radical (unpaired) electrons. The maximum atomic E-state index is 10.4. The van der Waals surface area contributed by atoms with Gasteiger partial charge in [0.2, 0.25) is 0 Å². The predicted octanol–water partition coefficient (Wildman–Crippen LogP) is 12.3. The first-order valence-corrected chi connectivity index (χ1v) is 16.0. The molecule has 5 heteroatoms. The zero-order chi connectivity index (χ0) is 32.6. The minimum atomic E-state index is 0.598. The van der Waals surface area contributed by atoms with Gasteiger partial charge in [0.05, 0.1) is 34.2 Å². The van der Waals surface area contributed by atoms with Gasteiger partial charge in [-0.2, -0.15) is 5.26 Å². The average molecular weight is 626 g/mol. The number of fused-ring (bicyclic) bond motifs is 10. The molecule has 0 bridgehead atoms. The van der Waals surface area contributed by atoms with Crippen molar-refractivity contribution in [2.45, 2.75) is 0 Å². The van der Waals surface area contributed by atoms with Crippen molar-refractivity contribution in [3.05, 3.63) is 157 Å². The summed E-state index contributed by atoms with van der Waals surface area (Å²) in [5.41, 5.74) is 11.3. The van der Waals surface area contributed by atoms with Gasteiger partial charge in [0.15, 0.2) is 5.69 Å². The monoisotopic (exact) mass is 625 g/mol. The van der Waals surface area contributed by atoms with Crippen LogP contribution in [0.1, 0.15) is 5.56 Å². The summed E-state index contributed by atoms with van der Waals surface area (Å²) < 4.78 is 15.2. The average Bonchev–Trinajstić information content (AvgIpc) is 3.83. The molecule has 10 rings (SSSR count). The fourth-order valence-electron chi connectivity index (χ4n) is 7.44. The highest BCUT2D eigenvalue weighted by Gasteiger charge is 2.21. The molecule has 0 atom stereocenters. The van der Waals surface area contributed by atoms with Crippen molar-refractivity contribution in [3.8, 4) is 34.0 Å². The Labute approximate surface area is 279 Å². The summed E-state index contributed by atoms with van der Waals surface area (Å²) >= 11 is 0. The highest BCUT2D eigenvalue weighted by atomic mass is 16.3. The molecule has 0 saturated carbocycles. The lowest BCUT2D eigenvalue weighted by Crippen LogP contribution is -2.00. The summed E-state index contributed by atoms with van der Waals surface area (Å²) in [5, 5.41) is 16.6. The lowest BCUT2D eigenvalue weighted by molar-refractivity contribution is 0.663. The van der Waals surface area contributed by atoms with Crippen LogP contribution in [0.2, 0.25) is 0 Å². The second-order valence-corrected chi connectivity index (χ2v) is 12.3. The minimum Gasteiger partial charge on any atom is -0.456 e. The zero-order valence-corrected chi connectivity index (χ0v) is 25.9. The third kappa shape index (κ3) is 3.91. The minimum absolute atomic E-state index is 0.598. The van der Waals surface area contributed by atoms with E-state index in [1.54, 1.807) is 0 Å². The molecular weight excluding hydrogens is 603 g/mol. The van der Waals surface area contributed by atoms with Crippen LogP contribution in [0.4, 0.5) is 5.69 Å². The summed E-state index contributed by atoms with van der Waals surface area (Å²) in [6.07, 6.45) is 0. The quantitative estimate of drug-likeness (QED) is 0.184. The molecule has 0 unspecified atom stereocenters. The number of para-hydroxylation sites is 3. The van der Waals surface area contributed by atoms with Crippen molar-refractivity contribution in [1.82, 2.24) is 4.57 Å². The number of aromatic nitrogens is 1. The lowest BCUT2D eigenvalue weighted by atomic mass is 9.97. The number of nitriles is 1. The number of nitrogens with zero attached hydrogens (tertiary/aromatic N) is 3. The Balaban J connectivity index is 1.21. The van der Waals surface area contributed by atoms with Crippen molar-refractivity contribution in [2.24, 2.45) is 0 Å². The molecule has 0 spiro atoms. The summed E-state index contributed by atoms with van der Waals surface area (Å²) in [4.78, 5) is 3.52. The van der Waals surface area contributed by atoms with Crippen LogP contribution in [0, 0.1) is 17.9 Å². The van der Waals surface area contributed by atoms with Gasteiger partial charge in [-0.05, 0) is 71.3 Å². The molecule has 49 heavy (non-hydrogen) atoms. The standard InChI is InChI=1S/C44H23N3O2/c1-46-30-17-13-26(14-18-30)27-15-20-39-35(23-27)34-19-22-41-42(44(34)49-39)36-24-28(16-21-40(36)48-41)31-10-6-7-29(25-45)43(31)47-37-11-4-2-8-32(37)33-9-3-5-12-38(33)47/h2-24H. The first-order chi connectivity index (χ1) is 24.2. The van der Waals surface area contributed by atoms with E-state index in [0.717, 1.165) is 93.6 Å². The van der Waals surface area contributed by atoms with Crippen LogP contribution in [0.5, 0.6) is 0 Å². The molecule has 0 amide bonds. The van der Waals surface area contributed by atoms with E-state index in [9.17, 15) is 5.26 Å². The topological polar surface area (TPSA) is 59.4 Å². The molecule has 7 aromatic carbocycles. The van der Waals surface area contributed by atoms with E-state index in [4.69, 9.17) is 15.4 Å². The number of benzene rings is 7. The predicted molar refractivity (Wildman–Crippen MR) is 197 cm³/mol. The first kappa shape index (κ1) is 27.1. The van der Waals surface area contributed by atoms with Crippen molar-refractivity contribution >= 4 is 71.4 Å². The Morgan fingerprint density at radius 2 is 1.20 bits per heavy atom. The van der Waals surface area contributed by atoms with Crippen LogP contribution in [-0.2, 0) is 0 Å². The van der Waals surface area contributed by atoms with Gasteiger partial charge in [0.25, 0.3) is 0 Å². The van der Waals surface area contributed by atoms with Gasteiger partial charge in [0.1, 0.15) is 28.4 Å². The smallest absolute Gasteiger partial charge is 0.187 e. The molecule has 0 saturated heterocycles. The van der Waals surface area contributed by atoms with Gasteiger partial charge in [-0.1, -0.05) is 84.9 Å². The number of hydrogen-bond acceptors (Lipinski definition) is 3. The largest absolute Gasteiger partial charge is 0.456 e. The summed E-state index contributed by atoms with van der Waals surface area (Å²) in [6, 6.07) is 49.3. The van der Waals surface area contributed by atoms with Gasteiger partial charge in [-0.3, -0.25) is 0 Å². The molecule has 3 heterocycles. The SMILES string of the molecule is [C-]#[N+]c1ccc(-c2ccc3oc4c(ccc5oc6ccc(-c7cccc(C#N)c7-n7c8ccccc8c8ccccc87)cc6c54)c3c2)cc1. The maximum absolute atomic E-state index is 10.4. The van der Waals surface area contributed by atoms with E-state index < -0.39 is 0 Å². The van der Waals surface area contributed by atoms with Crippen LogP contribution in [0.25, 0.3) is 98.5 Å². The molecule has 0 aliphatic rings. The van der Waals surface area contributed by atoms with Gasteiger partial charge in [0, 0.05) is 32.5 Å². The van der Waals surface area contributed by atoms with Gasteiger partial charge in [-0.15, -0.1) is 0 Å². The number of hydrogen-bond donors (Lipinski definition) is 0. The molecular formula is C44H23N3O2. The van der Waals surface area contributed by atoms with E-state index >= 15 is 0 Å².